The number of nitrogens with zero attached hydrogens (tertiary/aromatic N) is 1. The SMILES string of the molecule is CON([O-])C1CCC(O)(C2CCCC2)CCC1C. The molecule has 2 rings (SSSR count). The van der Waals surface area contributed by atoms with Crippen molar-refractivity contribution in [1.82, 2.24) is 5.23 Å². The van der Waals surface area contributed by atoms with Crippen LogP contribution in [0.4, 0.5) is 0 Å². The molecular weight excluding hydrogens is 230 g/mol. The van der Waals surface area contributed by atoms with E-state index in [9.17, 15) is 10.3 Å². The maximum Gasteiger partial charge on any atom is 0.0676 e. The molecule has 106 valence electrons. The van der Waals surface area contributed by atoms with Crippen LogP contribution in [-0.2, 0) is 4.84 Å². The van der Waals surface area contributed by atoms with Gasteiger partial charge < -0.3 is 15.2 Å². The van der Waals surface area contributed by atoms with Gasteiger partial charge >= 0.3 is 0 Å². The van der Waals surface area contributed by atoms with Crippen molar-refractivity contribution in [2.45, 2.75) is 69.9 Å². The Hall–Kier alpha value is -0.160. The molecule has 0 bridgehead atoms. The van der Waals surface area contributed by atoms with Crippen LogP contribution in [0.2, 0.25) is 0 Å². The summed E-state index contributed by atoms with van der Waals surface area (Å²) in [6.45, 7) is 2.09. The molecule has 0 aromatic heterocycles. The predicted octanol–water partition coefficient (Wildman–Crippen LogP) is 2.85. The molecule has 0 aliphatic heterocycles. The molecule has 4 nitrogen and oxygen atoms in total. The average molecular weight is 256 g/mol. The molecular formula is C14H26NO3-. The van der Waals surface area contributed by atoms with Gasteiger partial charge in [0.25, 0.3) is 0 Å². The van der Waals surface area contributed by atoms with Crippen LogP contribution in [0.15, 0.2) is 0 Å². The zero-order chi connectivity index (χ0) is 13.2. The quantitative estimate of drug-likeness (QED) is 0.623. The van der Waals surface area contributed by atoms with Crippen molar-refractivity contribution in [2.24, 2.45) is 11.8 Å². The number of hydrogen-bond acceptors (Lipinski definition) is 4. The molecule has 3 unspecified atom stereocenters. The molecule has 0 saturated heterocycles. The Morgan fingerprint density at radius 3 is 2.39 bits per heavy atom. The van der Waals surface area contributed by atoms with Crippen molar-refractivity contribution in [3.8, 4) is 0 Å². The van der Waals surface area contributed by atoms with E-state index in [1.165, 1.54) is 20.0 Å². The molecule has 0 aromatic carbocycles. The minimum Gasteiger partial charge on any atom is -0.762 e. The summed E-state index contributed by atoms with van der Waals surface area (Å²) in [7, 11) is 1.42. The molecule has 0 heterocycles. The first-order chi connectivity index (χ1) is 8.57. The van der Waals surface area contributed by atoms with Gasteiger partial charge in [0.15, 0.2) is 0 Å². The van der Waals surface area contributed by atoms with Crippen LogP contribution < -0.4 is 0 Å². The Labute approximate surface area is 110 Å². The summed E-state index contributed by atoms with van der Waals surface area (Å²) in [6, 6.07) is -0.106. The van der Waals surface area contributed by atoms with Crippen molar-refractivity contribution < 1.29 is 9.94 Å². The van der Waals surface area contributed by atoms with E-state index in [2.05, 4.69) is 6.92 Å². The Balaban J connectivity index is 2.01. The van der Waals surface area contributed by atoms with Crippen molar-refractivity contribution >= 4 is 0 Å². The van der Waals surface area contributed by atoms with Gasteiger partial charge in [-0.15, -0.1) is 0 Å². The second-order valence-corrected chi connectivity index (χ2v) is 6.17. The fourth-order valence-corrected chi connectivity index (χ4v) is 3.80. The molecule has 2 saturated carbocycles. The summed E-state index contributed by atoms with van der Waals surface area (Å²) in [5, 5.41) is 23.3. The van der Waals surface area contributed by atoms with Crippen LogP contribution in [-0.4, -0.2) is 29.1 Å². The summed E-state index contributed by atoms with van der Waals surface area (Å²) in [5.41, 5.74) is -0.534. The number of rotatable bonds is 3. The van der Waals surface area contributed by atoms with Gasteiger partial charge in [-0.3, -0.25) is 5.23 Å². The van der Waals surface area contributed by atoms with Gasteiger partial charge in [0.1, 0.15) is 0 Å². The van der Waals surface area contributed by atoms with Crippen LogP contribution >= 0.6 is 0 Å². The molecule has 0 aromatic rings. The third-order valence-electron chi connectivity index (χ3n) is 5.13. The van der Waals surface area contributed by atoms with Crippen LogP contribution in [0.1, 0.15) is 58.3 Å². The summed E-state index contributed by atoms with van der Waals surface area (Å²) in [4.78, 5) is 4.81. The molecule has 2 aliphatic carbocycles. The molecule has 2 fully saturated rings. The highest BCUT2D eigenvalue weighted by Gasteiger charge is 2.41. The first-order valence-corrected chi connectivity index (χ1v) is 7.29. The lowest BCUT2D eigenvalue weighted by molar-refractivity contribution is -0.134. The van der Waals surface area contributed by atoms with Crippen LogP contribution in [0.5, 0.6) is 0 Å². The number of aliphatic hydroxyl groups is 1. The largest absolute Gasteiger partial charge is 0.762 e. The highest BCUT2D eigenvalue weighted by Crippen LogP contribution is 2.43. The first-order valence-electron chi connectivity index (χ1n) is 7.29. The lowest BCUT2D eigenvalue weighted by Crippen LogP contribution is -2.37. The van der Waals surface area contributed by atoms with E-state index in [4.69, 9.17) is 4.84 Å². The van der Waals surface area contributed by atoms with Crippen molar-refractivity contribution in [3.05, 3.63) is 5.21 Å². The predicted molar refractivity (Wildman–Crippen MR) is 70.5 cm³/mol. The Morgan fingerprint density at radius 1 is 1.17 bits per heavy atom. The smallest absolute Gasteiger partial charge is 0.0676 e. The minimum absolute atomic E-state index is 0.106. The van der Waals surface area contributed by atoms with Crippen LogP contribution in [0.3, 0.4) is 0 Å². The van der Waals surface area contributed by atoms with Crippen LogP contribution in [0.25, 0.3) is 0 Å². The third kappa shape index (κ3) is 2.87. The highest BCUT2D eigenvalue weighted by molar-refractivity contribution is 4.94. The zero-order valence-electron chi connectivity index (χ0n) is 11.6. The van der Waals surface area contributed by atoms with Gasteiger partial charge in [-0.05, 0) is 50.4 Å². The van der Waals surface area contributed by atoms with E-state index in [0.717, 1.165) is 43.8 Å². The summed E-state index contributed by atoms with van der Waals surface area (Å²) >= 11 is 0. The van der Waals surface area contributed by atoms with Crippen molar-refractivity contribution in [2.75, 3.05) is 7.11 Å². The second-order valence-electron chi connectivity index (χ2n) is 6.17. The van der Waals surface area contributed by atoms with Gasteiger partial charge in [-0.1, -0.05) is 19.8 Å². The van der Waals surface area contributed by atoms with Gasteiger partial charge in [-0.2, -0.15) is 0 Å². The molecule has 3 atom stereocenters. The lowest BCUT2D eigenvalue weighted by atomic mass is 9.80. The van der Waals surface area contributed by atoms with E-state index >= 15 is 0 Å². The zero-order valence-corrected chi connectivity index (χ0v) is 11.6. The number of hydroxylamine groups is 2. The maximum absolute atomic E-state index is 11.7. The van der Waals surface area contributed by atoms with Gasteiger partial charge in [0.2, 0.25) is 0 Å². The average Bonchev–Trinajstić information content (AvgIpc) is 2.86. The molecule has 1 N–H and O–H groups in total. The monoisotopic (exact) mass is 256 g/mol. The van der Waals surface area contributed by atoms with E-state index in [1.54, 1.807) is 0 Å². The van der Waals surface area contributed by atoms with Crippen molar-refractivity contribution in [1.29, 1.82) is 0 Å². The molecule has 4 heteroatoms. The molecule has 0 amide bonds. The molecule has 2 aliphatic rings. The standard InChI is InChI=1S/C14H26NO3/c1-11-7-9-14(16,12-5-3-4-6-12)10-8-13(11)15(17)18-2/h11-13,16H,3-10H2,1-2H3/q-1. The van der Waals surface area contributed by atoms with Gasteiger partial charge in [0, 0.05) is 6.04 Å². The van der Waals surface area contributed by atoms with Crippen molar-refractivity contribution in [3.63, 3.8) is 0 Å². The van der Waals surface area contributed by atoms with E-state index in [-0.39, 0.29) is 12.0 Å². The topological polar surface area (TPSA) is 55.8 Å². The molecule has 18 heavy (non-hydrogen) atoms. The number of hydrogen-bond donors (Lipinski definition) is 1. The minimum atomic E-state index is -0.534. The normalized spacial score (nSPS) is 39.2. The lowest BCUT2D eigenvalue weighted by Gasteiger charge is -2.37. The molecule has 0 spiro atoms. The third-order valence-corrected chi connectivity index (χ3v) is 5.13. The maximum atomic E-state index is 11.7. The van der Waals surface area contributed by atoms with Gasteiger partial charge in [0.05, 0.1) is 12.7 Å². The Morgan fingerprint density at radius 2 is 1.78 bits per heavy atom. The Kier molecular flexibility index (Phi) is 4.64. The summed E-state index contributed by atoms with van der Waals surface area (Å²) in [5.74, 6) is 0.740. The van der Waals surface area contributed by atoms with Crippen LogP contribution in [0, 0.1) is 17.0 Å². The summed E-state index contributed by atoms with van der Waals surface area (Å²) in [6.07, 6.45) is 8.05. The Bertz CT molecular complexity index is 268. The summed E-state index contributed by atoms with van der Waals surface area (Å²) < 4.78 is 0. The van der Waals surface area contributed by atoms with E-state index in [1.807, 2.05) is 0 Å². The first kappa shape index (κ1) is 14.3. The van der Waals surface area contributed by atoms with E-state index in [0.29, 0.717) is 5.92 Å². The fourth-order valence-electron chi connectivity index (χ4n) is 3.80. The fraction of sp³-hybridized carbons (Fsp3) is 1.00. The second kappa shape index (κ2) is 5.87. The van der Waals surface area contributed by atoms with E-state index < -0.39 is 5.60 Å². The highest BCUT2D eigenvalue weighted by atomic mass is 16.9. The van der Waals surface area contributed by atoms with Gasteiger partial charge in [-0.25, -0.2) is 0 Å². The molecule has 0 radical (unpaired) electrons.